The number of anilines is 1. The molecule has 1 aromatic rings. The van der Waals surface area contributed by atoms with Crippen LogP contribution in [0.25, 0.3) is 0 Å². The minimum absolute atomic E-state index is 0.0855. The first-order valence-corrected chi connectivity index (χ1v) is 9.89. The van der Waals surface area contributed by atoms with Gasteiger partial charge in [0.05, 0.1) is 6.04 Å². The van der Waals surface area contributed by atoms with Crippen molar-refractivity contribution in [1.29, 1.82) is 0 Å². The fourth-order valence-electron chi connectivity index (χ4n) is 3.24. The number of aromatic carboxylic acids is 1. The van der Waals surface area contributed by atoms with Crippen molar-refractivity contribution in [3.63, 3.8) is 0 Å². The zero-order valence-electron chi connectivity index (χ0n) is 18.4. The zero-order chi connectivity index (χ0) is 23.3. The van der Waals surface area contributed by atoms with Gasteiger partial charge >= 0.3 is 12.1 Å². The first kappa shape index (κ1) is 24.1. The normalized spacial score (nSPS) is 19.0. The summed E-state index contributed by atoms with van der Waals surface area (Å²) in [4.78, 5) is 53.1. The van der Waals surface area contributed by atoms with Gasteiger partial charge in [0.1, 0.15) is 5.60 Å². The number of carbonyl (C=O) groups is 4. The van der Waals surface area contributed by atoms with Crippen molar-refractivity contribution >= 4 is 29.7 Å². The second-order valence-corrected chi connectivity index (χ2v) is 8.49. The SMILES string of the molecule is CN1CC(NC(=O)CCNC(=O)OC(C)(C)C)CC1C(=O)Nc1cn(C)c(C(=O)O)n1. The van der Waals surface area contributed by atoms with Crippen LogP contribution in [0.4, 0.5) is 10.6 Å². The lowest BCUT2D eigenvalue weighted by molar-refractivity contribution is -0.122. The average molecular weight is 438 g/mol. The van der Waals surface area contributed by atoms with Crippen LogP contribution in [-0.4, -0.2) is 81.3 Å². The molecule has 2 atom stereocenters. The summed E-state index contributed by atoms with van der Waals surface area (Å²) in [6, 6.07) is -0.728. The van der Waals surface area contributed by atoms with Gasteiger partial charge in [0.15, 0.2) is 5.82 Å². The van der Waals surface area contributed by atoms with Crippen LogP contribution in [0.5, 0.6) is 0 Å². The van der Waals surface area contributed by atoms with Crippen LogP contribution in [0.1, 0.15) is 44.2 Å². The Hall–Kier alpha value is -3.15. The van der Waals surface area contributed by atoms with Crippen LogP contribution in [-0.2, 0) is 21.4 Å². The van der Waals surface area contributed by atoms with Crippen molar-refractivity contribution < 1.29 is 29.0 Å². The molecule has 0 bridgehead atoms. The van der Waals surface area contributed by atoms with E-state index in [0.29, 0.717) is 13.0 Å². The Morgan fingerprint density at radius 3 is 2.52 bits per heavy atom. The van der Waals surface area contributed by atoms with E-state index < -0.39 is 23.7 Å². The summed E-state index contributed by atoms with van der Waals surface area (Å²) in [5, 5.41) is 17.1. The van der Waals surface area contributed by atoms with Gasteiger partial charge in [0.25, 0.3) is 0 Å². The van der Waals surface area contributed by atoms with E-state index >= 15 is 0 Å². The molecule has 2 rings (SSSR count). The van der Waals surface area contributed by atoms with Crippen LogP contribution in [0.2, 0.25) is 0 Å². The second-order valence-electron chi connectivity index (χ2n) is 8.49. The molecule has 1 aromatic heterocycles. The van der Waals surface area contributed by atoms with Crippen molar-refractivity contribution in [3.05, 3.63) is 12.0 Å². The summed E-state index contributed by atoms with van der Waals surface area (Å²) >= 11 is 0. The number of amides is 3. The van der Waals surface area contributed by atoms with Gasteiger partial charge in [-0.1, -0.05) is 0 Å². The number of carboxylic acid groups (broad SMARTS) is 1. The highest BCUT2D eigenvalue weighted by molar-refractivity contribution is 5.95. The van der Waals surface area contributed by atoms with Crippen LogP contribution in [0, 0.1) is 0 Å². The highest BCUT2D eigenvalue weighted by atomic mass is 16.6. The number of likely N-dealkylation sites (tertiary alicyclic amines) is 1. The zero-order valence-corrected chi connectivity index (χ0v) is 18.4. The number of aromatic nitrogens is 2. The average Bonchev–Trinajstić information content (AvgIpc) is 3.15. The Bertz CT molecular complexity index is 845. The van der Waals surface area contributed by atoms with Crippen LogP contribution >= 0.6 is 0 Å². The van der Waals surface area contributed by atoms with Crippen LogP contribution < -0.4 is 16.0 Å². The molecule has 12 nitrogen and oxygen atoms in total. The van der Waals surface area contributed by atoms with E-state index in [-0.39, 0.29) is 42.5 Å². The molecule has 1 aliphatic rings. The highest BCUT2D eigenvalue weighted by Gasteiger charge is 2.35. The monoisotopic (exact) mass is 438 g/mol. The predicted octanol–water partition coefficient (Wildman–Crippen LogP) is 0.161. The quantitative estimate of drug-likeness (QED) is 0.469. The van der Waals surface area contributed by atoms with Gasteiger partial charge in [-0.15, -0.1) is 0 Å². The molecule has 2 heterocycles. The van der Waals surface area contributed by atoms with Crippen molar-refractivity contribution in [3.8, 4) is 0 Å². The van der Waals surface area contributed by atoms with Crippen molar-refractivity contribution in [2.24, 2.45) is 7.05 Å². The number of ether oxygens (including phenoxy) is 1. The highest BCUT2D eigenvalue weighted by Crippen LogP contribution is 2.18. The Kier molecular flexibility index (Phi) is 7.60. The molecule has 4 N–H and O–H groups in total. The van der Waals surface area contributed by atoms with Crippen LogP contribution in [0.15, 0.2) is 6.20 Å². The van der Waals surface area contributed by atoms with Crippen molar-refractivity contribution in [2.45, 2.75) is 51.3 Å². The van der Waals surface area contributed by atoms with Gasteiger partial charge in [-0.2, -0.15) is 0 Å². The lowest BCUT2D eigenvalue weighted by atomic mass is 10.1. The molecule has 0 aromatic carbocycles. The number of hydrogen-bond acceptors (Lipinski definition) is 7. The number of nitrogens with zero attached hydrogens (tertiary/aromatic N) is 3. The molecule has 31 heavy (non-hydrogen) atoms. The lowest BCUT2D eigenvalue weighted by Crippen LogP contribution is -2.39. The van der Waals surface area contributed by atoms with E-state index in [1.807, 2.05) is 0 Å². The third-order valence-electron chi connectivity index (χ3n) is 4.56. The molecule has 2 unspecified atom stereocenters. The number of imidazole rings is 1. The first-order valence-electron chi connectivity index (χ1n) is 9.89. The van der Waals surface area contributed by atoms with E-state index in [0.717, 1.165) is 0 Å². The van der Waals surface area contributed by atoms with Gasteiger partial charge in [0.2, 0.25) is 17.6 Å². The minimum Gasteiger partial charge on any atom is -0.475 e. The van der Waals surface area contributed by atoms with Gasteiger partial charge in [-0.05, 0) is 34.2 Å². The maximum absolute atomic E-state index is 12.6. The summed E-state index contributed by atoms with van der Waals surface area (Å²) in [7, 11) is 3.29. The van der Waals surface area contributed by atoms with Crippen molar-refractivity contribution in [1.82, 2.24) is 25.1 Å². The number of rotatable bonds is 7. The number of hydrogen-bond donors (Lipinski definition) is 4. The molecule has 1 aliphatic heterocycles. The first-order chi connectivity index (χ1) is 14.4. The number of aryl methyl sites for hydroxylation is 1. The number of nitrogens with one attached hydrogen (secondary N) is 3. The molecule has 1 saturated heterocycles. The molecule has 0 aliphatic carbocycles. The maximum atomic E-state index is 12.6. The summed E-state index contributed by atoms with van der Waals surface area (Å²) < 4.78 is 6.42. The van der Waals surface area contributed by atoms with E-state index in [9.17, 15) is 19.2 Å². The maximum Gasteiger partial charge on any atom is 0.407 e. The third-order valence-corrected chi connectivity index (χ3v) is 4.56. The molecule has 0 radical (unpaired) electrons. The number of carboxylic acids is 1. The Morgan fingerprint density at radius 2 is 1.94 bits per heavy atom. The molecular weight excluding hydrogens is 408 g/mol. The summed E-state index contributed by atoms with van der Waals surface area (Å²) in [5.41, 5.74) is -0.610. The molecule has 172 valence electrons. The van der Waals surface area contributed by atoms with Gasteiger partial charge < -0.3 is 30.4 Å². The number of carbonyl (C=O) groups excluding carboxylic acids is 3. The van der Waals surface area contributed by atoms with E-state index in [4.69, 9.17) is 9.84 Å². The van der Waals surface area contributed by atoms with E-state index in [1.165, 1.54) is 17.8 Å². The Morgan fingerprint density at radius 1 is 1.26 bits per heavy atom. The molecular formula is C19H30N6O6. The minimum atomic E-state index is -1.19. The molecule has 0 spiro atoms. The number of likely N-dealkylation sites (N-methyl/N-ethyl adjacent to an activating group) is 1. The molecule has 3 amide bonds. The van der Waals surface area contributed by atoms with Gasteiger partial charge in [-0.25, -0.2) is 14.6 Å². The smallest absolute Gasteiger partial charge is 0.407 e. The topological polar surface area (TPSA) is 155 Å². The molecule has 0 saturated carbocycles. The van der Waals surface area contributed by atoms with E-state index in [2.05, 4.69) is 20.9 Å². The fraction of sp³-hybridized carbons (Fsp3) is 0.632. The van der Waals surface area contributed by atoms with E-state index in [1.54, 1.807) is 32.7 Å². The third kappa shape index (κ3) is 7.24. The molecule has 12 heteroatoms. The van der Waals surface area contributed by atoms with Crippen LogP contribution in [0.3, 0.4) is 0 Å². The fourth-order valence-corrected chi connectivity index (χ4v) is 3.24. The summed E-state index contributed by atoms with van der Waals surface area (Å²) in [6.07, 6.45) is 1.32. The largest absolute Gasteiger partial charge is 0.475 e. The predicted molar refractivity (Wildman–Crippen MR) is 111 cm³/mol. The summed E-state index contributed by atoms with van der Waals surface area (Å²) in [6.45, 7) is 5.87. The van der Waals surface area contributed by atoms with Crippen molar-refractivity contribution in [2.75, 3.05) is 25.5 Å². The van der Waals surface area contributed by atoms with Gasteiger partial charge in [-0.3, -0.25) is 14.5 Å². The standard InChI is InChI=1S/C19H30N6O6/c1-19(2,3)31-18(30)20-7-6-14(26)21-11-8-12(24(4)9-11)16(27)23-13-10-25(5)15(22-13)17(28)29/h10-12H,6-9H2,1-5H3,(H,20,30)(H,21,26)(H,23,27)(H,28,29). The van der Waals surface area contributed by atoms with Gasteiger partial charge in [0, 0.05) is 38.8 Å². The second kappa shape index (κ2) is 9.77. The Labute approximate surface area is 180 Å². The summed E-state index contributed by atoms with van der Waals surface area (Å²) in [5.74, 6) is -1.80. The molecule has 1 fully saturated rings. The lowest BCUT2D eigenvalue weighted by Gasteiger charge is -2.19. The number of alkyl carbamates (subject to hydrolysis) is 1. The Balaban J connectivity index is 1.79.